The van der Waals surface area contributed by atoms with Gasteiger partial charge < -0.3 is 4.74 Å². The highest BCUT2D eigenvalue weighted by Gasteiger charge is 2.27. The van der Waals surface area contributed by atoms with Crippen LogP contribution >= 0.6 is 0 Å². The Balaban J connectivity index is 1.54. The van der Waals surface area contributed by atoms with Crippen molar-refractivity contribution >= 4 is 10.8 Å². The van der Waals surface area contributed by atoms with E-state index in [0.717, 1.165) is 41.8 Å². The van der Waals surface area contributed by atoms with Gasteiger partial charge in [-0.2, -0.15) is 5.10 Å². The maximum absolute atomic E-state index is 13.3. The molecule has 5 heteroatoms. The second-order valence-electron chi connectivity index (χ2n) is 7.95. The Kier molecular flexibility index (Phi) is 5.26. The zero-order valence-electron chi connectivity index (χ0n) is 17.6. The number of hydrogen-bond donors (Lipinski definition) is 0. The van der Waals surface area contributed by atoms with Gasteiger partial charge >= 0.3 is 0 Å². The van der Waals surface area contributed by atoms with Crippen LogP contribution < -0.4 is 10.3 Å². The number of nitrogens with zero attached hydrogens (tertiary/aromatic N) is 3. The van der Waals surface area contributed by atoms with Crippen molar-refractivity contribution in [1.82, 2.24) is 14.7 Å². The highest BCUT2D eigenvalue weighted by Crippen LogP contribution is 2.33. The molecular formula is C26H25N3O2. The first-order valence-electron chi connectivity index (χ1n) is 10.7. The van der Waals surface area contributed by atoms with Crippen LogP contribution in [-0.4, -0.2) is 28.3 Å². The minimum atomic E-state index is -0.0457. The Hall–Kier alpha value is -3.44. The van der Waals surface area contributed by atoms with E-state index >= 15 is 0 Å². The monoisotopic (exact) mass is 411 g/mol. The van der Waals surface area contributed by atoms with Crippen LogP contribution in [0.5, 0.6) is 5.75 Å². The number of methoxy groups -OCH3 is 1. The van der Waals surface area contributed by atoms with Crippen molar-refractivity contribution in [2.45, 2.75) is 25.6 Å². The Morgan fingerprint density at radius 1 is 0.935 bits per heavy atom. The zero-order chi connectivity index (χ0) is 21.2. The van der Waals surface area contributed by atoms with E-state index in [1.165, 1.54) is 5.56 Å². The maximum Gasteiger partial charge on any atom is 0.275 e. The molecule has 0 saturated carbocycles. The van der Waals surface area contributed by atoms with Gasteiger partial charge in [-0.05, 0) is 36.6 Å². The molecule has 0 radical (unpaired) electrons. The normalized spacial score (nSPS) is 16.6. The third kappa shape index (κ3) is 3.73. The van der Waals surface area contributed by atoms with E-state index in [1.54, 1.807) is 11.8 Å². The summed E-state index contributed by atoms with van der Waals surface area (Å²) >= 11 is 0. The number of hydrogen-bond acceptors (Lipinski definition) is 4. The minimum Gasteiger partial charge on any atom is -0.497 e. The van der Waals surface area contributed by atoms with Crippen molar-refractivity contribution < 1.29 is 4.74 Å². The van der Waals surface area contributed by atoms with Crippen molar-refractivity contribution in [3.8, 4) is 17.0 Å². The summed E-state index contributed by atoms with van der Waals surface area (Å²) in [5, 5.41) is 6.43. The summed E-state index contributed by atoms with van der Waals surface area (Å²) in [5.41, 5.74) is 3.06. The molecule has 0 bridgehead atoms. The molecule has 1 atom stereocenters. The lowest BCUT2D eigenvalue weighted by molar-refractivity contribution is 0.188. The van der Waals surface area contributed by atoms with Crippen molar-refractivity contribution in [3.05, 3.63) is 94.8 Å². The van der Waals surface area contributed by atoms with Crippen LogP contribution in [0.25, 0.3) is 22.0 Å². The topological polar surface area (TPSA) is 47.4 Å². The van der Waals surface area contributed by atoms with Crippen molar-refractivity contribution in [3.63, 3.8) is 0 Å². The number of likely N-dealkylation sites (tertiary alicyclic amines) is 1. The number of ether oxygens (including phenoxy) is 1. The Morgan fingerprint density at radius 3 is 2.39 bits per heavy atom. The fraction of sp³-hybridized carbons (Fsp3) is 0.231. The highest BCUT2D eigenvalue weighted by atomic mass is 16.5. The number of aromatic nitrogens is 2. The predicted molar refractivity (Wildman–Crippen MR) is 123 cm³/mol. The van der Waals surface area contributed by atoms with Crippen molar-refractivity contribution in [2.24, 2.45) is 0 Å². The molecule has 156 valence electrons. The lowest BCUT2D eigenvalue weighted by Gasteiger charge is -2.25. The first-order valence-corrected chi connectivity index (χ1v) is 10.7. The average molecular weight is 412 g/mol. The van der Waals surface area contributed by atoms with E-state index in [9.17, 15) is 4.79 Å². The van der Waals surface area contributed by atoms with Crippen molar-refractivity contribution in [1.29, 1.82) is 0 Å². The summed E-state index contributed by atoms with van der Waals surface area (Å²) in [6.45, 7) is 1.42. The Bertz CT molecular complexity index is 1250. The number of rotatable bonds is 5. The van der Waals surface area contributed by atoms with Gasteiger partial charge in [-0.3, -0.25) is 9.69 Å². The van der Waals surface area contributed by atoms with Gasteiger partial charge in [0.05, 0.1) is 24.9 Å². The lowest BCUT2D eigenvalue weighted by atomic mass is 10.0. The van der Waals surface area contributed by atoms with Crippen LogP contribution in [0, 0.1) is 0 Å². The van der Waals surface area contributed by atoms with Gasteiger partial charge in [0, 0.05) is 23.5 Å². The zero-order valence-corrected chi connectivity index (χ0v) is 17.6. The second-order valence-corrected chi connectivity index (χ2v) is 7.95. The first-order chi connectivity index (χ1) is 15.2. The molecule has 0 amide bonds. The van der Waals surface area contributed by atoms with Gasteiger partial charge in [0.1, 0.15) is 5.75 Å². The summed E-state index contributed by atoms with van der Waals surface area (Å²) in [7, 11) is 1.68. The molecule has 1 fully saturated rings. The summed E-state index contributed by atoms with van der Waals surface area (Å²) in [4.78, 5) is 15.6. The molecule has 3 aromatic carbocycles. The smallest absolute Gasteiger partial charge is 0.275 e. The largest absolute Gasteiger partial charge is 0.497 e. The Labute approximate surface area is 181 Å². The molecule has 1 aliphatic heterocycles. The Morgan fingerprint density at radius 2 is 1.65 bits per heavy atom. The highest BCUT2D eigenvalue weighted by molar-refractivity contribution is 5.93. The fourth-order valence-corrected chi connectivity index (χ4v) is 4.51. The molecule has 5 rings (SSSR count). The summed E-state index contributed by atoms with van der Waals surface area (Å²) in [6.07, 6.45) is 2.17. The van der Waals surface area contributed by atoms with Gasteiger partial charge in [0.15, 0.2) is 0 Å². The molecule has 1 aliphatic rings. The molecule has 0 spiro atoms. The van der Waals surface area contributed by atoms with Crippen LogP contribution in [0.4, 0.5) is 0 Å². The van der Waals surface area contributed by atoms with Crippen LogP contribution in [0.2, 0.25) is 0 Å². The van der Waals surface area contributed by atoms with Gasteiger partial charge in [-0.15, -0.1) is 0 Å². The molecule has 1 unspecified atom stereocenters. The van der Waals surface area contributed by atoms with Gasteiger partial charge in [-0.1, -0.05) is 60.7 Å². The summed E-state index contributed by atoms with van der Waals surface area (Å²) < 4.78 is 6.93. The molecule has 1 saturated heterocycles. The molecule has 4 aromatic rings. The third-order valence-corrected chi connectivity index (χ3v) is 6.09. The molecular weight excluding hydrogens is 386 g/mol. The van der Waals surface area contributed by atoms with E-state index < -0.39 is 0 Å². The van der Waals surface area contributed by atoms with Crippen LogP contribution in [0.3, 0.4) is 0 Å². The van der Waals surface area contributed by atoms with E-state index in [4.69, 9.17) is 9.84 Å². The molecule has 5 nitrogen and oxygen atoms in total. The van der Waals surface area contributed by atoms with Crippen LogP contribution in [-0.2, 0) is 6.67 Å². The van der Waals surface area contributed by atoms with Gasteiger partial charge in [-0.25, -0.2) is 4.68 Å². The first kappa shape index (κ1) is 19.5. The summed E-state index contributed by atoms with van der Waals surface area (Å²) in [6, 6.07) is 26.3. The minimum absolute atomic E-state index is 0.0457. The maximum atomic E-state index is 13.3. The summed E-state index contributed by atoms with van der Waals surface area (Å²) in [5.74, 6) is 0.855. The average Bonchev–Trinajstić information content (AvgIpc) is 3.30. The van der Waals surface area contributed by atoms with Gasteiger partial charge in [0.25, 0.3) is 5.56 Å². The molecule has 1 aromatic heterocycles. The quantitative estimate of drug-likeness (QED) is 0.470. The predicted octanol–water partition coefficient (Wildman–Crippen LogP) is 4.87. The van der Waals surface area contributed by atoms with Crippen LogP contribution in [0.15, 0.2) is 83.7 Å². The van der Waals surface area contributed by atoms with Gasteiger partial charge in [0.2, 0.25) is 0 Å². The van der Waals surface area contributed by atoms with E-state index in [1.807, 2.05) is 66.7 Å². The number of benzene rings is 3. The standard InChI is InChI=1S/C26H25N3O2/c1-31-21-15-13-19(14-16-21)24-12-7-17-28(24)18-29-26(30)23-11-6-5-10-22(23)25(27-29)20-8-3-2-4-9-20/h2-6,8-11,13-16,24H,7,12,17-18H2,1H3. The molecule has 2 heterocycles. The molecule has 31 heavy (non-hydrogen) atoms. The van der Waals surface area contributed by atoms with E-state index in [-0.39, 0.29) is 11.6 Å². The van der Waals surface area contributed by atoms with Crippen LogP contribution in [0.1, 0.15) is 24.4 Å². The lowest BCUT2D eigenvalue weighted by Crippen LogP contribution is -2.34. The third-order valence-electron chi connectivity index (χ3n) is 6.09. The van der Waals surface area contributed by atoms with E-state index in [2.05, 4.69) is 17.0 Å². The molecule has 0 aliphatic carbocycles. The SMILES string of the molecule is COc1ccc(C2CCCN2Cn2nc(-c3ccccc3)c3ccccc3c2=O)cc1. The molecule has 0 N–H and O–H groups in total. The van der Waals surface area contributed by atoms with E-state index in [0.29, 0.717) is 12.1 Å². The van der Waals surface area contributed by atoms with Crippen molar-refractivity contribution in [2.75, 3.05) is 13.7 Å². The fourth-order valence-electron chi connectivity index (χ4n) is 4.51. The second kappa shape index (κ2) is 8.36. The number of fused-ring (bicyclic) bond motifs is 1.